The van der Waals surface area contributed by atoms with Crippen molar-refractivity contribution in [3.05, 3.63) is 47.4 Å². The molecular formula is C26H32N4O5S2. The Morgan fingerprint density at radius 3 is 2.46 bits per heavy atom. The van der Waals surface area contributed by atoms with E-state index in [0.29, 0.717) is 21.5 Å². The summed E-state index contributed by atoms with van der Waals surface area (Å²) in [5, 5.41) is 11.0. The molecule has 3 aromatic rings. The van der Waals surface area contributed by atoms with Crippen molar-refractivity contribution in [2.45, 2.75) is 58.3 Å². The maximum atomic E-state index is 13.2. The molecule has 0 radical (unpaired) electrons. The number of pyridine rings is 1. The molecule has 1 amide bonds. The summed E-state index contributed by atoms with van der Waals surface area (Å²) in [6, 6.07) is 7.51. The summed E-state index contributed by atoms with van der Waals surface area (Å²) in [7, 11) is 0.000538. The SMILES string of the molecule is CC(=O)O.COc1ccc(-c2sc(NC(=O)C3CCCC3)nc2C)cc1S(=O)Nc1cnc(C)cc1C. The normalized spacial score (nSPS) is 13.9. The molecule has 3 N–H and O–H groups in total. The molecule has 1 saturated carbocycles. The number of aromatic nitrogens is 2. The number of benzene rings is 1. The van der Waals surface area contributed by atoms with Crippen LogP contribution in [-0.2, 0) is 20.6 Å². The maximum absolute atomic E-state index is 13.2. The number of carbonyl (C=O) groups is 2. The number of anilines is 2. The third-order valence-corrected chi connectivity index (χ3v) is 8.07. The van der Waals surface area contributed by atoms with Crippen LogP contribution in [0.15, 0.2) is 35.4 Å². The number of nitrogens with zero attached hydrogens (tertiary/aromatic N) is 2. The first kappa shape index (κ1) is 28.3. The number of rotatable bonds is 7. The van der Waals surface area contributed by atoms with Crippen LogP contribution in [0, 0.1) is 26.7 Å². The molecule has 37 heavy (non-hydrogen) atoms. The molecule has 1 aliphatic rings. The predicted molar refractivity (Wildman–Crippen MR) is 146 cm³/mol. The fraction of sp³-hybridized carbons (Fsp3) is 0.385. The molecule has 1 aromatic carbocycles. The molecule has 198 valence electrons. The van der Waals surface area contributed by atoms with Crippen LogP contribution in [0.5, 0.6) is 5.75 Å². The monoisotopic (exact) mass is 544 g/mol. The van der Waals surface area contributed by atoms with Crippen molar-refractivity contribution in [1.29, 1.82) is 0 Å². The van der Waals surface area contributed by atoms with E-state index in [4.69, 9.17) is 14.6 Å². The largest absolute Gasteiger partial charge is 0.495 e. The van der Waals surface area contributed by atoms with E-state index in [0.717, 1.165) is 60.0 Å². The van der Waals surface area contributed by atoms with Gasteiger partial charge in [0, 0.05) is 18.5 Å². The summed E-state index contributed by atoms with van der Waals surface area (Å²) in [6.07, 6.45) is 5.79. The number of carboxylic acid groups (broad SMARTS) is 1. The minimum Gasteiger partial charge on any atom is -0.495 e. The molecule has 1 atom stereocenters. The Morgan fingerprint density at radius 1 is 1.16 bits per heavy atom. The fourth-order valence-corrected chi connectivity index (χ4v) is 6.09. The van der Waals surface area contributed by atoms with Gasteiger partial charge in [0.15, 0.2) is 16.1 Å². The topological polar surface area (TPSA) is 131 Å². The minimum absolute atomic E-state index is 0.0515. The second-order valence-electron chi connectivity index (χ2n) is 8.80. The van der Waals surface area contributed by atoms with Crippen LogP contribution < -0.4 is 14.8 Å². The first-order valence-corrected chi connectivity index (χ1v) is 13.8. The number of carbonyl (C=O) groups excluding carboxylic acids is 1. The molecule has 1 fully saturated rings. The number of hydrogen-bond acceptors (Lipinski definition) is 7. The van der Waals surface area contributed by atoms with E-state index in [9.17, 15) is 9.00 Å². The van der Waals surface area contributed by atoms with Gasteiger partial charge < -0.3 is 15.2 Å². The molecule has 0 saturated heterocycles. The van der Waals surface area contributed by atoms with Gasteiger partial charge in [-0.25, -0.2) is 9.19 Å². The Hall–Kier alpha value is -3.31. The second-order valence-corrected chi connectivity index (χ2v) is 11.0. The zero-order chi connectivity index (χ0) is 27.1. The van der Waals surface area contributed by atoms with Gasteiger partial charge in [-0.15, -0.1) is 0 Å². The van der Waals surface area contributed by atoms with Crippen molar-refractivity contribution in [1.82, 2.24) is 9.97 Å². The molecule has 0 aliphatic heterocycles. The van der Waals surface area contributed by atoms with Crippen molar-refractivity contribution in [2.24, 2.45) is 5.92 Å². The third kappa shape index (κ3) is 7.59. The standard InChI is InChI=1S/C24H28N4O3S2.C2H4O2/c1-14-11-15(2)25-13-19(14)28-33(30)21-12-18(9-10-20(21)31-4)22-16(3)26-24(32-22)27-23(29)17-7-5-6-8-17;1-2(3)4/h9-13,17,28H,5-8H2,1-4H3,(H,26,27,29);1H3,(H,3,4). The summed E-state index contributed by atoms with van der Waals surface area (Å²) in [4.78, 5) is 31.8. The Bertz CT molecular complexity index is 1300. The van der Waals surface area contributed by atoms with Gasteiger partial charge in [0.05, 0.1) is 29.6 Å². The molecule has 9 nitrogen and oxygen atoms in total. The van der Waals surface area contributed by atoms with Gasteiger partial charge in [-0.1, -0.05) is 24.2 Å². The lowest BCUT2D eigenvalue weighted by Crippen LogP contribution is -2.20. The minimum atomic E-state index is -1.56. The van der Waals surface area contributed by atoms with Gasteiger partial charge in [-0.05, 0) is 69.0 Å². The van der Waals surface area contributed by atoms with Gasteiger partial charge in [0.25, 0.3) is 5.97 Å². The molecule has 4 rings (SSSR count). The van der Waals surface area contributed by atoms with Gasteiger partial charge in [-0.3, -0.25) is 19.3 Å². The van der Waals surface area contributed by atoms with E-state index >= 15 is 0 Å². The van der Waals surface area contributed by atoms with Crippen LogP contribution in [0.4, 0.5) is 10.8 Å². The van der Waals surface area contributed by atoms with Crippen molar-refractivity contribution < 1.29 is 23.6 Å². The van der Waals surface area contributed by atoms with Crippen LogP contribution in [-0.4, -0.2) is 38.3 Å². The molecule has 1 aliphatic carbocycles. The lowest BCUT2D eigenvalue weighted by Gasteiger charge is -2.13. The zero-order valence-corrected chi connectivity index (χ0v) is 23.2. The van der Waals surface area contributed by atoms with Gasteiger partial charge >= 0.3 is 0 Å². The van der Waals surface area contributed by atoms with Gasteiger partial charge in [0.2, 0.25) is 5.91 Å². The Labute approximate surface area is 223 Å². The molecule has 2 aromatic heterocycles. The summed E-state index contributed by atoms with van der Waals surface area (Å²) in [5.41, 5.74) is 4.26. The van der Waals surface area contributed by atoms with Crippen molar-refractivity contribution >= 4 is 45.0 Å². The van der Waals surface area contributed by atoms with Crippen molar-refractivity contribution in [3.8, 4) is 16.2 Å². The van der Waals surface area contributed by atoms with E-state index in [2.05, 4.69) is 20.0 Å². The molecule has 0 spiro atoms. The number of hydrogen-bond donors (Lipinski definition) is 3. The summed E-state index contributed by atoms with van der Waals surface area (Å²) >= 11 is 1.43. The summed E-state index contributed by atoms with van der Waals surface area (Å²) < 4.78 is 21.7. The van der Waals surface area contributed by atoms with Crippen LogP contribution >= 0.6 is 11.3 Å². The Balaban J connectivity index is 0.000000886. The highest BCUT2D eigenvalue weighted by Gasteiger charge is 2.24. The highest BCUT2D eigenvalue weighted by Crippen LogP contribution is 2.37. The maximum Gasteiger partial charge on any atom is 0.300 e. The van der Waals surface area contributed by atoms with E-state index in [1.54, 1.807) is 19.4 Å². The van der Waals surface area contributed by atoms with Crippen molar-refractivity contribution in [2.75, 3.05) is 17.1 Å². The van der Waals surface area contributed by atoms with E-state index in [-0.39, 0.29) is 11.8 Å². The second kappa shape index (κ2) is 12.8. The number of thiazole rings is 1. The molecule has 0 bridgehead atoms. The highest BCUT2D eigenvalue weighted by atomic mass is 32.2. The number of aryl methyl sites for hydroxylation is 3. The number of nitrogens with one attached hydrogen (secondary N) is 2. The van der Waals surface area contributed by atoms with Crippen LogP contribution in [0.1, 0.15) is 49.6 Å². The van der Waals surface area contributed by atoms with Crippen LogP contribution in [0.2, 0.25) is 0 Å². The van der Waals surface area contributed by atoms with E-state index < -0.39 is 17.0 Å². The summed E-state index contributed by atoms with van der Waals surface area (Å²) in [6.45, 7) is 6.86. The Kier molecular flexibility index (Phi) is 9.76. The quantitative estimate of drug-likeness (QED) is 0.358. The number of aliphatic carboxylic acids is 1. The lowest BCUT2D eigenvalue weighted by atomic mass is 10.1. The van der Waals surface area contributed by atoms with Crippen LogP contribution in [0.3, 0.4) is 0 Å². The first-order chi connectivity index (χ1) is 17.6. The van der Waals surface area contributed by atoms with Gasteiger partial charge in [0.1, 0.15) is 10.6 Å². The number of methoxy groups -OCH3 is 1. The Morgan fingerprint density at radius 2 is 1.84 bits per heavy atom. The molecule has 2 heterocycles. The van der Waals surface area contributed by atoms with Crippen LogP contribution in [0.25, 0.3) is 10.4 Å². The number of carboxylic acids is 1. The predicted octanol–water partition coefficient (Wildman–Crippen LogP) is 5.49. The average Bonchev–Trinajstić information content (AvgIpc) is 3.50. The van der Waals surface area contributed by atoms with E-state index in [1.165, 1.54) is 11.3 Å². The fourth-order valence-electron chi connectivity index (χ4n) is 4.03. The summed E-state index contributed by atoms with van der Waals surface area (Å²) in [5.74, 6) is -0.173. The lowest BCUT2D eigenvalue weighted by molar-refractivity contribution is -0.134. The smallest absolute Gasteiger partial charge is 0.300 e. The molecule has 11 heteroatoms. The highest BCUT2D eigenvalue weighted by molar-refractivity contribution is 7.86. The first-order valence-electron chi connectivity index (χ1n) is 11.9. The van der Waals surface area contributed by atoms with Gasteiger partial charge in [-0.2, -0.15) is 0 Å². The molecule has 1 unspecified atom stereocenters. The third-order valence-electron chi connectivity index (χ3n) is 5.83. The average molecular weight is 545 g/mol. The number of ether oxygens (including phenoxy) is 1. The number of amides is 1. The molecular weight excluding hydrogens is 512 g/mol. The van der Waals surface area contributed by atoms with Crippen molar-refractivity contribution in [3.63, 3.8) is 0 Å². The zero-order valence-electron chi connectivity index (χ0n) is 21.6. The van der Waals surface area contributed by atoms with E-state index in [1.807, 2.05) is 39.0 Å².